The van der Waals surface area contributed by atoms with Gasteiger partial charge in [-0.25, -0.2) is 4.79 Å². The second-order valence-electron chi connectivity index (χ2n) is 7.20. The maximum absolute atomic E-state index is 12.1. The summed E-state index contributed by atoms with van der Waals surface area (Å²) < 4.78 is 11.7. The van der Waals surface area contributed by atoms with Crippen LogP contribution in [0, 0.1) is 6.92 Å². The van der Waals surface area contributed by atoms with Crippen molar-refractivity contribution in [2.45, 2.75) is 31.9 Å². The molecule has 1 saturated heterocycles. The lowest BCUT2D eigenvalue weighted by Crippen LogP contribution is -2.53. The number of carboxylic acid groups (broad SMARTS) is 1. The summed E-state index contributed by atoms with van der Waals surface area (Å²) in [5.74, 6) is 1.50. The van der Waals surface area contributed by atoms with Gasteiger partial charge in [-0.3, -0.25) is 4.90 Å². The van der Waals surface area contributed by atoms with Gasteiger partial charge in [-0.05, 0) is 42.0 Å². The van der Waals surface area contributed by atoms with E-state index in [9.17, 15) is 9.90 Å². The van der Waals surface area contributed by atoms with Crippen molar-refractivity contribution in [3.05, 3.63) is 66.1 Å². The molecule has 1 N–H and O–H groups in total. The topological polar surface area (TPSA) is 62.9 Å². The van der Waals surface area contributed by atoms with Crippen molar-refractivity contribution in [1.82, 2.24) is 4.90 Å². The normalized spacial score (nSPS) is 17.1. The van der Waals surface area contributed by atoms with Crippen molar-refractivity contribution < 1.29 is 19.1 Å². The molecule has 0 aliphatic carbocycles. The molecule has 4 rings (SSSR count). The molecule has 2 aromatic carbocycles. The minimum absolute atomic E-state index is 0.439. The molecule has 0 atom stereocenters. The molecule has 2 heterocycles. The molecule has 5 heteroatoms. The van der Waals surface area contributed by atoms with Crippen LogP contribution in [0.5, 0.6) is 5.75 Å². The highest BCUT2D eigenvalue weighted by molar-refractivity contribution is 5.84. The fourth-order valence-electron chi connectivity index (χ4n) is 3.68. The van der Waals surface area contributed by atoms with Crippen molar-refractivity contribution in [3.8, 4) is 5.75 Å². The highest BCUT2D eigenvalue weighted by atomic mass is 16.5. The Morgan fingerprint density at radius 1 is 1.11 bits per heavy atom. The molecule has 140 valence electrons. The third-order valence-corrected chi connectivity index (χ3v) is 5.26. The summed E-state index contributed by atoms with van der Waals surface area (Å²) in [6.45, 7) is 3.92. The molecule has 0 bridgehead atoms. The third-order valence-electron chi connectivity index (χ3n) is 5.26. The van der Waals surface area contributed by atoms with Crippen LogP contribution in [0.25, 0.3) is 10.8 Å². The van der Waals surface area contributed by atoms with Gasteiger partial charge in [0.2, 0.25) is 5.60 Å². The Labute approximate surface area is 158 Å². The van der Waals surface area contributed by atoms with Crippen LogP contribution >= 0.6 is 0 Å². The second kappa shape index (κ2) is 7.08. The largest absolute Gasteiger partial charge is 0.478 e. The number of benzene rings is 2. The van der Waals surface area contributed by atoms with E-state index in [1.54, 1.807) is 0 Å². The predicted octanol–water partition coefficient (Wildman–Crippen LogP) is 4.24. The standard InChI is InChI=1S/C22H23NO4/c1-16-6-8-20(26-16)15-23-12-10-22(11-13-23,21(24)25)27-19-9-7-17-4-2-3-5-18(17)14-19/h2-9,14H,10-13,15H2,1H3,(H,24,25). The first-order chi connectivity index (χ1) is 13.0. The average Bonchev–Trinajstić information content (AvgIpc) is 3.08. The number of carbonyl (C=O) groups is 1. The Morgan fingerprint density at radius 2 is 1.85 bits per heavy atom. The number of rotatable bonds is 5. The fourth-order valence-corrected chi connectivity index (χ4v) is 3.68. The molecule has 1 aromatic heterocycles. The number of hydrogen-bond donors (Lipinski definition) is 1. The number of furan rings is 1. The zero-order valence-corrected chi connectivity index (χ0v) is 15.4. The first kappa shape index (κ1) is 17.6. The molecule has 3 aromatic rings. The van der Waals surface area contributed by atoms with Crippen LogP contribution in [0.3, 0.4) is 0 Å². The summed E-state index contributed by atoms with van der Waals surface area (Å²) in [6, 6.07) is 17.6. The second-order valence-corrected chi connectivity index (χ2v) is 7.20. The van der Waals surface area contributed by atoms with Gasteiger partial charge in [-0.15, -0.1) is 0 Å². The number of likely N-dealkylation sites (tertiary alicyclic amines) is 1. The molecule has 0 amide bonds. The lowest BCUT2D eigenvalue weighted by molar-refractivity contribution is -0.159. The Kier molecular flexibility index (Phi) is 4.62. The zero-order chi connectivity index (χ0) is 18.9. The Bertz CT molecular complexity index is 954. The highest BCUT2D eigenvalue weighted by Crippen LogP contribution is 2.31. The monoisotopic (exact) mass is 365 g/mol. The summed E-state index contributed by atoms with van der Waals surface area (Å²) in [5.41, 5.74) is -1.18. The predicted molar refractivity (Wildman–Crippen MR) is 103 cm³/mol. The number of piperidine rings is 1. The van der Waals surface area contributed by atoms with Crippen LogP contribution in [0.1, 0.15) is 24.4 Å². The van der Waals surface area contributed by atoms with Gasteiger partial charge in [-0.2, -0.15) is 0 Å². The lowest BCUT2D eigenvalue weighted by Gasteiger charge is -2.38. The number of nitrogens with zero attached hydrogens (tertiary/aromatic N) is 1. The summed E-state index contributed by atoms with van der Waals surface area (Å²) in [5, 5.41) is 12.0. The Hall–Kier alpha value is -2.79. The molecule has 0 saturated carbocycles. The summed E-state index contributed by atoms with van der Waals surface area (Å²) in [7, 11) is 0. The third kappa shape index (κ3) is 3.69. The smallest absolute Gasteiger partial charge is 0.348 e. The van der Waals surface area contributed by atoms with Crippen LogP contribution in [0.15, 0.2) is 59.0 Å². The van der Waals surface area contributed by atoms with E-state index in [1.807, 2.05) is 61.5 Å². The van der Waals surface area contributed by atoms with Crippen LogP contribution in [-0.4, -0.2) is 34.7 Å². The number of aryl methyl sites for hydroxylation is 1. The van der Waals surface area contributed by atoms with E-state index < -0.39 is 11.6 Å². The van der Waals surface area contributed by atoms with E-state index in [2.05, 4.69) is 4.90 Å². The Morgan fingerprint density at radius 3 is 2.52 bits per heavy atom. The van der Waals surface area contributed by atoms with Crippen molar-refractivity contribution in [1.29, 1.82) is 0 Å². The molecule has 1 aliphatic heterocycles. The van der Waals surface area contributed by atoms with Crippen molar-refractivity contribution in [2.24, 2.45) is 0 Å². The van der Waals surface area contributed by atoms with Gasteiger partial charge in [-0.1, -0.05) is 30.3 Å². The van der Waals surface area contributed by atoms with Gasteiger partial charge in [0, 0.05) is 25.9 Å². The van der Waals surface area contributed by atoms with Crippen LogP contribution in [0.4, 0.5) is 0 Å². The maximum atomic E-state index is 12.1. The fraction of sp³-hybridized carbons (Fsp3) is 0.318. The quantitative estimate of drug-likeness (QED) is 0.733. The maximum Gasteiger partial charge on any atom is 0.348 e. The number of carboxylic acids is 1. The molecule has 1 fully saturated rings. The van der Waals surface area contributed by atoms with Crippen molar-refractivity contribution in [3.63, 3.8) is 0 Å². The van der Waals surface area contributed by atoms with Gasteiger partial charge in [0.25, 0.3) is 0 Å². The number of hydrogen-bond acceptors (Lipinski definition) is 4. The summed E-state index contributed by atoms with van der Waals surface area (Å²) in [4.78, 5) is 14.3. The SMILES string of the molecule is Cc1ccc(CN2CCC(Oc3ccc4ccccc4c3)(C(=O)O)CC2)o1. The number of fused-ring (bicyclic) bond motifs is 1. The summed E-state index contributed by atoms with van der Waals surface area (Å²) in [6.07, 6.45) is 0.879. The van der Waals surface area contributed by atoms with E-state index in [0.717, 1.165) is 22.3 Å². The van der Waals surface area contributed by atoms with Crippen LogP contribution in [0.2, 0.25) is 0 Å². The highest BCUT2D eigenvalue weighted by Gasteiger charge is 2.44. The molecule has 5 nitrogen and oxygen atoms in total. The van der Waals surface area contributed by atoms with E-state index in [-0.39, 0.29) is 0 Å². The number of aliphatic carboxylic acids is 1. The average molecular weight is 365 g/mol. The van der Waals surface area contributed by atoms with E-state index >= 15 is 0 Å². The zero-order valence-electron chi connectivity index (χ0n) is 15.4. The first-order valence-corrected chi connectivity index (χ1v) is 9.23. The molecule has 27 heavy (non-hydrogen) atoms. The van der Waals surface area contributed by atoms with Crippen molar-refractivity contribution in [2.75, 3.05) is 13.1 Å². The van der Waals surface area contributed by atoms with E-state index in [4.69, 9.17) is 9.15 Å². The molecule has 0 spiro atoms. The van der Waals surface area contributed by atoms with Gasteiger partial charge in [0.15, 0.2) is 0 Å². The minimum Gasteiger partial charge on any atom is -0.478 e. The molecule has 0 unspecified atom stereocenters. The number of ether oxygens (including phenoxy) is 1. The van der Waals surface area contributed by atoms with Crippen LogP contribution in [-0.2, 0) is 11.3 Å². The molecular formula is C22H23NO4. The van der Waals surface area contributed by atoms with Crippen LogP contribution < -0.4 is 4.74 Å². The van der Waals surface area contributed by atoms with Gasteiger partial charge in [0.05, 0.1) is 6.54 Å². The van der Waals surface area contributed by atoms with Gasteiger partial charge in [0.1, 0.15) is 17.3 Å². The first-order valence-electron chi connectivity index (χ1n) is 9.23. The van der Waals surface area contributed by atoms with E-state index in [1.165, 1.54) is 0 Å². The Balaban J connectivity index is 1.48. The van der Waals surface area contributed by atoms with Gasteiger partial charge < -0.3 is 14.3 Å². The van der Waals surface area contributed by atoms with Crippen molar-refractivity contribution >= 4 is 16.7 Å². The molecule has 0 radical (unpaired) electrons. The minimum atomic E-state index is -1.18. The molecular weight excluding hydrogens is 342 g/mol. The summed E-state index contributed by atoms with van der Waals surface area (Å²) >= 11 is 0. The van der Waals surface area contributed by atoms with Gasteiger partial charge >= 0.3 is 5.97 Å². The van der Waals surface area contributed by atoms with E-state index in [0.29, 0.717) is 38.2 Å². The lowest BCUT2D eigenvalue weighted by atomic mass is 9.91. The molecule has 1 aliphatic rings.